The van der Waals surface area contributed by atoms with Crippen LogP contribution in [0.25, 0.3) is 0 Å². The molecule has 8 heteroatoms. The first-order chi connectivity index (χ1) is 12.6. The molecule has 6 nitrogen and oxygen atoms in total. The summed E-state index contributed by atoms with van der Waals surface area (Å²) in [5, 5.41) is 12.3. The Balaban J connectivity index is 1.60. The maximum atomic E-state index is 13.0. The zero-order valence-corrected chi connectivity index (χ0v) is 15.4. The number of likely N-dealkylation sites (tertiary alicyclic amines) is 1. The molecule has 0 radical (unpaired) electrons. The van der Waals surface area contributed by atoms with Gasteiger partial charge in [0.05, 0.1) is 5.92 Å². The molecule has 1 aliphatic rings. The largest absolute Gasteiger partial charge is 0.338 e. The molecule has 1 unspecified atom stereocenters. The molecule has 0 saturated carbocycles. The third kappa shape index (κ3) is 4.43. The van der Waals surface area contributed by atoms with Crippen molar-refractivity contribution in [3.63, 3.8) is 0 Å². The predicted octanol–water partition coefficient (Wildman–Crippen LogP) is 3.12. The molecule has 2 aromatic rings. The van der Waals surface area contributed by atoms with Crippen molar-refractivity contribution in [2.45, 2.75) is 32.6 Å². The topological polar surface area (TPSA) is 75.2 Å². The van der Waals surface area contributed by atoms with Crippen molar-refractivity contribution in [1.29, 1.82) is 0 Å². The maximum absolute atomic E-state index is 13.0. The first kappa shape index (κ1) is 18.4. The SMILES string of the molecule is CCCc1nnc(NC(=O)C2CCCN(C(=O)c3ccc(F)cc3)C2)s1. The third-order valence-corrected chi connectivity index (χ3v) is 5.23. The summed E-state index contributed by atoms with van der Waals surface area (Å²) < 4.78 is 13.0. The Hall–Kier alpha value is -2.35. The second-order valence-electron chi connectivity index (χ2n) is 6.34. The number of anilines is 1. The van der Waals surface area contributed by atoms with Gasteiger partial charge in [-0.15, -0.1) is 10.2 Å². The van der Waals surface area contributed by atoms with E-state index in [1.807, 2.05) is 0 Å². The molecular weight excluding hydrogens is 355 g/mol. The molecular formula is C18H21FN4O2S. The first-order valence-corrected chi connectivity index (χ1v) is 9.56. The highest BCUT2D eigenvalue weighted by atomic mass is 32.1. The summed E-state index contributed by atoms with van der Waals surface area (Å²) in [6.07, 6.45) is 3.30. The molecule has 1 saturated heterocycles. The van der Waals surface area contributed by atoms with Crippen LogP contribution in [0.15, 0.2) is 24.3 Å². The van der Waals surface area contributed by atoms with Crippen LogP contribution in [0.2, 0.25) is 0 Å². The zero-order chi connectivity index (χ0) is 18.5. The summed E-state index contributed by atoms with van der Waals surface area (Å²) in [4.78, 5) is 26.7. The number of hydrogen-bond acceptors (Lipinski definition) is 5. The van der Waals surface area contributed by atoms with Crippen molar-refractivity contribution in [2.75, 3.05) is 18.4 Å². The maximum Gasteiger partial charge on any atom is 0.253 e. The fourth-order valence-corrected chi connectivity index (χ4v) is 3.82. The van der Waals surface area contributed by atoms with E-state index in [9.17, 15) is 14.0 Å². The van der Waals surface area contributed by atoms with Crippen molar-refractivity contribution in [2.24, 2.45) is 5.92 Å². The molecule has 0 bridgehead atoms. The number of carbonyl (C=O) groups is 2. The van der Waals surface area contributed by atoms with E-state index >= 15 is 0 Å². The molecule has 1 aromatic carbocycles. The van der Waals surface area contributed by atoms with E-state index in [1.54, 1.807) is 4.90 Å². The van der Waals surface area contributed by atoms with Crippen LogP contribution in [0.1, 0.15) is 41.6 Å². The number of nitrogens with zero attached hydrogens (tertiary/aromatic N) is 3. The van der Waals surface area contributed by atoms with E-state index in [4.69, 9.17) is 0 Å². The van der Waals surface area contributed by atoms with Crippen LogP contribution in [-0.2, 0) is 11.2 Å². The van der Waals surface area contributed by atoms with Crippen LogP contribution >= 0.6 is 11.3 Å². The first-order valence-electron chi connectivity index (χ1n) is 8.75. The number of benzene rings is 1. The van der Waals surface area contributed by atoms with Crippen LogP contribution in [0.3, 0.4) is 0 Å². The van der Waals surface area contributed by atoms with Crippen LogP contribution < -0.4 is 5.32 Å². The Bertz CT molecular complexity index is 778. The van der Waals surface area contributed by atoms with Gasteiger partial charge in [0.25, 0.3) is 5.91 Å². The van der Waals surface area contributed by atoms with Crippen molar-refractivity contribution in [1.82, 2.24) is 15.1 Å². The Labute approximate surface area is 155 Å². The number of amides is 2. The molecule has 3 rings (SSSR count). The fraction of sp³-hybridized carbons (Fsp3) is 0.444. The van der Waals surface area contributed by atoms with E-state index in [1.165, 1.54) is 35.6 Å². The number of hydrogen-bond donors (Lipinski definition) is 1. The van der Waals surface area contributed by atoms with Crippen LogP contribution in [0.5, 0.6) is 0 Å². The second-order valence-corrected chi connectivity index (χ2v) is 7.40. The molecule has 1 atom stereocenters. The standard InChI is InChI=1S/C18H21FN4O2S/c1-2-4-15-21-22-18(26-15)20-16(24)13-5-3-10-23(11-13)17(25)12-6-8-14(19)9-7-12/h6-9,13H,2-5,10-11H2,1H3,(H,20,22,24). The lowest BCUT2D eigenvalue weighted by Gasteiger charge is -2.32. The predicted molar refractivity (Wildman–Crippen MR) is 97.6 cm³/mol. The highest BCUT2D eigenvalue weighted by molar-refractivity contribution is 7.15. The fourth-order valence-electron chi connectivity index (χ4n) is 2.98. The summed E-state index contributed by atoms with van der Waals surface area (Å²) in [7, 11) is 0. The van der Waals surface area contributed by atoms with E-state index in [0.29, 0.717) is 23.8 Å². The highest BCUT2D eigenvalue weighted by Gasteiger charge is 2.29. The van der Waals surface area contributed by atoms with E-state index < -0.39 is 0 Å². The van der Waals surface area contributed by atoms with Gasteiger partial charge in [0.2, 0.25) is 11.0 Å². The molecule has 1 aliphatic heterocycles. The Kier molecular flexibility index (Phi) is 5.92. The summed E-state index contributed by atoms with van der Waals surface area (Å²) in [6.45, 7) is 3.01. The van der Waals surface area contributed by atoms with Crippen molar-refractivity contribution in [3.8, 4) is 0 Å². The van der Waals surface area contributed by atoms with Crippen molar-refractivity contribution in [3.05, 3.63) is 40.7 Å². The average Bonchev–Trinajstić information content (AvgIpc) is 3.09. The van der Waals surface area contributed by atoms with E-state index in [2.05, 4.69) is 22.4 Å². The monoisotopic (exact) mass is 376 g/mol. The minimum absolute atomic E-state index is 0.138. The lowest BCUT2D eigenvalue weighted by molar-refractivity contribution is -0.121. The van der Waals surface area contributed by atoms with Gasteiger partial charge in [-0.05, 0) is 43.5 Å². The highest BCUT2D eigenvalue weighted by Crippen LogP contribution is 2.22. The van der Waals surface area contributed by atoms with Crippen LogP contribution in [-0.4, -0.2) is 40.0 Å². The number of nitrogens with one attached hydrogen (secondary N) is 1. The Morgan fingerprint density at radius 2 is 2.08 bits per heavy atom. The van der Waals surface area contributed by atoms with Gasteiger partial charge in [-0.25, -0.2) is 4.39 Å². The molecule has 0 spiro atoms. The molecule has 2 amide bonds. The number of aryl methyl sites for hydroxylation is 1. The smallest absolute Gasteiger partial charge is 0.253 e. The number of piperidine rings is 1. The molecule has 1 aromatic heterocycles. The molecule has 0 aliphatic carbocycles. The minimum Gasteiger partial charge on any atom is -0.338 e. The van der Waals surface area contributed by atoms with Gasteiger partial charge in [0.1, 0.15) is 10.8 Å². The van der Waals surface area contributed by atoms with Gasteiger partial charge in [-0.3, -0.25) is 9.59 Å². The third-order valence-electron chi connectivity index (χ3n) is 4.33. The quantitative estimate of drug-likeness (QED) is 0.870. The van der Waals surface area contributed by atoms with Crippen LogP contribution in [0, 0.1) is 11.7 Å². The van der Waals surface area contributed by atoms with Gasteiger partial charge >= 0.3 is 0 Å². The normalized spacial score (nSPS) is 17.2. The van der Waals surface area contributed by atoms with Gasteiger partial charge in [0.15, 0.2) is 0 Å². The summed E-state index contributed by atoms with van der Waals surface area (Å²) in [6, 6.07) is 5.48. The second kappa shape index (κ2) is 8.35. The van der Waals surface area contributed by atoms with Gasteiger partial charge in [-0.2, -0.15) is 0 Å². The zero-order valence-electron chi connectivity index (χ0n) is 14.6. The Morgan fingerprint density at radius 1 is 1.31 bits per heavy atom. The minimum atomic E-state index is -0.378. The summed E-state index contributed by atoms with van der Waals surface area (Å²) in [5.74, 6) is -0.979. The molecule has 1 fully saturated rings. The van der Waals surface area contributed by atoms with Crippen molar-refractivity contribution < 1.29 is 14.0 Å². The van der Waals surface area contributed by atoms with Crippen LogP contribution in [0.4, 0.5) is 9.52 Å². The molecule has 2 heterocycles. The number of aromatic nitrogens is 2. The van der Waals surface area contributed by atoms with Crippen molar-refractivity contribution >= 4 is 28.3 Å². The van der Waals surface area contributed by atoms with Gasteiger partial charge in [0, 0.05) is 25.1 Å². The van der Waals surface area contributed by atoms with Gasteiger partial charge < -0.3 is 10.2 Å². The molecule has 26 heavy (non-hydrogen) atoms. The molecule has 1 N–H and O–H groups in total. The average molecular weight is 376 g/mol. The van der Waals surface area contributed by atoms with E-state index in [0.717, 1.165) is 30.7 Å². The lowest BCUT2D eigenvalue weighted by Crippen LogP contribution is -2.43. The van der Waals surface area contributed by atoms with E-state index in [-0.39, 0.29) is 23.5 Å². The summed E-state index contributed by atoms with van der Waals surface area (Å²) >= 11 is 1.38. The lowest BCUT2D eigenvalue weighted by atomic mass is 9.96. The number of rotatable bonds is 5. The number of halogens is 1. The number of carbonyl (C=O) groups excluding carboxylic acids is 2. The molecule has 138 valence electrons. The summed E-state index contributed by atoms with van der Waals surface area (Å²) in [5.41, 5.74) is 0.431. The van der Waals surface area contributed by atoms with Gasteiger partial charge in [-0.1, -0.05) is 18.3 Å². The Morgan fingerprint density at radius 3 is 2.81 bits per heavy atom.